The van der Waals surface area contributed by atoms with Gasteiger partial charge in [0, 0.05) is 48.7 Å². The lowest BCUT2D eigenvalue weighted by Crippen LogP contribution is -2.45. The number of nitrogens with zero attached hydrogens (tertiary/aromatic N) is 3. The second-order valence-electron chi connectivity index (χ2n) is 8.08. The molecule has 3 aromatic rings. The number of likely N-dealkylation sites (tertiary alicyclic amines) is 1. The zero-order valence-electron chi connectivity index (χ0n) is 18.3. The van der Waals surface area contributed by atoms with Crippen LogP contribution >= 0.6 is 0 Å². The number of nitrogens with one attached hydrogen (secondary N) is 2. The molecular weight excluding hydrogens is 402 g/mol. The number of aliphatic hydroxyl groups is 1. The van der Waals surface area contributed by atoms with Gasteiger partial charge in [-0.15, -0.1) is 0 Å². The monoisotopic (exact) mass is 431 g/mol. The molecule has 0 saturated carbocycles. The van der Waals surface area contributed by atoms with Gasteiger partial charge < -0.3 is 20.6 Å². The van der Waals surface area contributed by atoms with E-state index in [1.807, 2.05) is 47.4 Å². The summed E-state index contributed by atoms with van der Waals surface area (Å²) >= 11 is 0. The number of aliphatic hydroxyl groups excluding tert-OH is 1. The number of aromatic nitrogens is 2. The summed E-state index contributed by atoms with van der Waals surface area (Å²) in [6.07, 6.45) is 3.54. The maximum Gasteiger partial charge on any atom is 0.253 e. The van der Waals surface area contributed by atoms with E-state index in [2.05, 4.69) is 39.7 Å². The van der Waals surface area contributed by atoms with Gasteiger partial charge in [-0.25, -0.2) is 9.97 Å². The Kier molecular flexibility index (Phi) is 7.09. The Labute approximate surface area is 188 Å². The van der Waals surface area contributed by atoms with Gasteiger partial charge in [-0.05, 0) is 50.1 Å². The normalized spacial score (nSPS) is 14.4. The van der Waals surface area contributed by atoms with E-state index in [9.17, 15) is 4.79 Å². The largest absolute Gasteiger partial charge is 0.395 e. The lowest BCUT2D eigenvalue weighted by atomic mass is 10.0. The summed E-state index contributed by atoms with van der Waals surface area (Å²) in [6.45, 7) is 4.25. The molecule has 1 aliphatic heterocycles. The molecule has 2 aromatic carbocycles. The van der Waals surface area contributed by atoms with E-state index in [4.69, 9.17) is 5.11 Å². The van der Waals surface area contributed by atoms with Crippen molar-refractivity contribution in [1.82, 2.24) is 20.2 Å². The number of hydrogen-bond acceptors (Lipinski definition) is 6. The van der Waals surface area contributed by atoms with Gasteiger partial charge in [-0.1, -0.05) is 29.8 Å². The van der Waals surface area contributed by atoms with E-state index >= 15 is 0 Å². The summed E-state index contributed by atoms with van der Waals surface area (Å²) in [5.41, 5.74) is 4.60. The standard InChI is InChI=1S/C25H29N5O2/c1-18-2-4-19(5-3-18)23-10-13-27-25(29-23)28-22-8-6-20(7-9-22)24(32)30-15-11-21(12-16-30)26-14-17-31/h2-10,13,21,26,31H,11-12,14-17H2,1H3,(H,27,28,29). The summed E-state index contributed by atoms with van der Waals surface area (Å²) in [4.78, 5) is 23.7. The summed E-state index contributed by atoms with van der Waals surface area (Å²) in [6, 6.07) is 17.9. The highest BCUT2D eigenvalue weighted by Crippen LogP contribution is 2.21. The highest BCUT2D eigenvalue weighted by Gasteiger charge is 2.23. The van der Waals surface area contributed by atoms with Crippen LogP contribution in [0.4, 0.5) is 11.6 Å². The fourth-order valence-electron chi connectivity index (χ4n) is 3.87. The van der Waals surface area contributed by atoms with Crippen LogP contribution in [0.5, 0.6) is 0 Å². The number of rotatable bonds is 7. The average Bonchev–Trinajstić information content (AvgIpc) is 2.84. The second kappa shape index (κ2) is 10.3. The number of benzene rings is 2. The van der Waals surface area contributed by atoms with Crippen molar-refractivity contribution in [2.75, 3.05) is 31.6 Å². The van der Waals surface area contributed by atoms with E-state index in [1.165, 1.54) is 5.56 Å². The third-order valence-corrected chi connectivity index (χ3v) is 5.72. The number of aryl methyl sites for hydroxylation is 1. The maximum atomic E-state index is 12.8. The van der Waals surface area contributed by atoms with Crippen molar-refractivity contribution in [3.05, 3.63) is 71.9 Å². The van der Waals surface area contributed by atoms with E-state index in [-0.39, 0.29) is 12.5 Å². The minimum Gasteiger partial charge on any atom is -0.395 e. The Balaban J connectivity index is 1.36. The van der Waals surface area contributed by atoms with Crippen LogP contribution in [0, 0.1) is 6.92 Å². The molecule has 1 fully saturated rings. The van der Waals surface area contributed by atoms with Crippen molar-refractivity contribution in [1.29, 1.82) is 0 Å². The Morgan fingerprint density at radius 3 is 2.47 bits per heavy atom. The zero-order chi connectivity index (χ0) is 22.3. The van der Waals surface area contributed by atoms with Gasteiger partial charge in [0.1, 0.15) is 0 Å². The van der Waals surface area contributed by atoms with Crippen molar-refractivity contribution in [2.45, 2.75) is 25.8 Å². The molecule has 2 heterocycles. The Morgan fingerprint density at radius 2 is 1.78 bits per heavy atom. The number of anilines is 2. The van der Waals surface area contributed by atoms with Crippen molar-refractivity contribution in [3.63, 3.8) is 0 Å². The van der Waals surface area contributed by atoms with Crippen LogP contribution in [-0.2, 0) is 0 Å². The zero-order valence-corrected chi connectivity index (χ0v) is 18.3. The highest BCUT2D eigenvalue weighted by atomic mass is 16.3. The quantitative estimate of drug-likeness (QED) is 0.531. The molecule has 0 atom stereocenters. The van der Waals surface area contributed by atoms with E-state index in [0.29, 0.717) is 24.1 Å². The van der Waals surface area contributed by atoms with Gasteiger partial charge in [-0.3, -0.25) is 4.79 Å². The molecular formula is C25H29N5O2. The molecule has 7 heteroatoms. The summed E-state index contributed by atoms with van der Waals surface area (Å²) in [7, 11) is 0. The van der Waals surface area contributed by atoms with Gasteiger partial charge in [0.2, 0.25) is 5.95 Å². The fourth-order valence-corrected chi connectivity index (χ4v) is 3.87. The highest BCUT2D eigenvalue weighted by molar-refractivity contribution is 5.94. The summed E-state index contributed by atoms with van der Waals surface area (Å²) in [5, 5.41) is 15.5. The lowest BCUT2D eigenvalue weighted by molar-refractivity contribution is 0.0703. The molecule has 4 rings (SSSR count). The molecule has 32 heavy (non-hydrogen) atoms. The van der Waals surface area contributed by atoms with E-state index < -0.39 is 0 Å². The lowest BCUT2D eigenvalue weighted by Gasteiger charge is -2.32. The summed E-state index contributed by atoms with van der Waals surface area (Å²) < 4.78 is 0. The topological polar surface area (TPSA) is 90.4 Å². The number of piperidine rings is 1. The molecule has 7 nitrogen and oxygen atoms in total. The third kappa shape index (κ3) is 5.49. The predicted molar refractivity (Wildman–Crippen MR) is 126 cm³/mol. The number of amides is 1. The number of carbonyl (C=O) groups is 1. The van der Waals surface area contributed by atoms with Crippen LogP contribution in [0.25, 0.3) is 11.3 Å². The molecule has 1 saturated heterocycles. The minimum absolute atomic E-state index is 0.0507. The van der Waals surface area contributed by atoms with Crippen LogP contribution in [-0.4, -0.2) is 58.2 Å². The molecule has 3 N–H and O–H groups in total. The molecule has 166 valence electrons. The second-order valence-corrected chi connectivity index (χ2v) is 8.08. The van der Waals surface area contributed by atoms with Gasteiger partial charge in [0.25, 0.3) is 5.91 Å². The van der Waals surface area contributed by atoms with Crippen LogP contribution < -0.4 is 10.6 Å². The van der Waals surface area contributed by atoms with Gasteiger partial charge in [-0.2, -0.15) is 0 Å². The fraction of sp³-hybridized carbons (Fsp3) is 0.320. The van der Waals surface area contributed by atoms with Crippen LogP contribution in [0.2, 0.25) is 0 Å². The Bertz CT molecular complexity index is 1030. The Morgan fingerprint density at radius 1 is 1.06 bits per heavy atom. The molecule has 0 spiro atoms. The molecule has 1 amide bonds. The van der Waals surface area contributed by atoms with Crippen molar-refractivity contribution < 1.29 is 9.90 Å². The Hall–Kier alpha value is -3.29. The van der Waals surface area contributed by atoms with E-state index in [1.54, 1.807) is 6.20 Å². The van der Waals surface area contributed by atoms with Crippen LogP contribution in [0.3, 0.4) is 0 Å². The van der Waals surface area contributed by atoms with Crippen LogP contribution in [0.1, 0.15) is 28.8 Å². The molecule has 1 aromatic heterocycles. The number of carbonyl (C=O) groups excluding carboxylic acids is 1. The molecule has 1 aliphatic rings. The summed E-state index contributed by atoms with van der Waals surface area (Å²) in [5.74, 6) is 0.564. The van der Waals surface area contributed by atoms with Gasteiger partial charge >= 0.3 is 0 Å². The first-order chi connectivity index (χ1) is 15.6. The first kappa shape index (κ1) is 21.9. The maximum absolute atomic E-state index is 12.8. The minimum atomic E-state index is 0.0507. The smallest absolute Gasteiger partial charge is 0.253 e. The average molecular weight is 432 g/mol. The molecule has 0 aliphatic carbocycles. The van der Waals surface area contributed by atoms with Gasteiger partial charge in [0.05, 0.1) is 12.3 Å². The van der Waals surface area contributed by atoms with Crippen molar-refractivity contribution >= 4 is 17.5 Å². The first-order valence-electron chi connectivity index (χ1n) is 11.0. The van der Waals surface area contributed by atoms with Crippen molar-refractivity contribution in [3.8, 4) is 11.3 Å². The predicted octanol–water partition coefficient (Wildman–Crippen LogP) is 3.38. The SMILES string of the molecule is Cc1ccc(-c2ccnc(Nc3ccc(C(=O)N4CCC(NCCO)CC4)cc3)n2)cc1. The third-order valence-electron chi connectivity index (χ3n) is 5.72. The molecule has 0 radical (unpaired) electrons. The van der Waals surface area contributed by atoms with E-state index in [0.717, 1.165) is 42.9 Å². The van der Waals surface area contributed by atoms with Gasteiger partial charge in [0.15, 0.2) is 0 Å². The number of hydrogen-bond donors (Lipinski definition) is 3. The van der Waals surface area contributed by atoms with Crippen LogP contribution in [0.15, 0.2) is 60.8 Å². The molecule has 0 bridgehead atoms. The first-order valence-corrected chi connectivity index (χ1v) is 11.0. The van der Waals surface area contributed by atoms with Crippen molar-refractivity contribution in [2.24, 2.45) is 0 Å². The molecule has 0 unspecified atom stereocenters.